The molecule has 0 aromatic carbocycles. The van der Waals surface area contributed by atoms with Crippen LogP contribution in [-0.2, 0) is 13.5 Å². The second-order valence-electron chi connectivity index (χ2n) is 7.77. The number of furan rings is 1. The van der Waals surface area contributed by atoms with Crippen LogP contribution in [0.3, 0.4) is 0 Å². The summed E-state index contributed by atoms with van der Waals surface area (Å²) in [5.41, 5.74) is 3.77. The maximum absolute atomic E-state index is 12.6. The van der Waals surface area contributed by atoms with Crippen LogP contribution in [0.1, 0.15) is 28.7 Å². The Kier molecular flexibility index (Phi) is 4.72. The molecule has 4 aromatic rings. The molecule has 1 aliphatic heterocycles. The highest BCUT2D eigenvalue weighted by atomic mass is 16.3. The number of piperazine rings is 1. The highest BCUT2D eigenvalue weighted by Gasteiger charge is 2.27. The minimum absolute atomic E-state index is 0.0624. The number of rotatable bonds is 4. The van der Waals surface area contributed by atoms with Gasteiger partial charge in [0.05, 0.1) is 6.26 Å². The van der Waals surface area contributed by atoms with E-state index in [-0.39, 0.29) is 5.91 Å². The SMILES string of the molecule is CCc1c(C)nc2cc(-c3nccn3C)nn2c1N1CCN(C(=O)c2ccco2)CC1. The maximum atomic E-state index is 12.6. The van der Waals surface area contributed by atoms with Crippen molar-refractivity contribution in [1.29, 1.82) is 0 Å². The molecule has 9 nitrogen and oxygen atoms in total. The Bertz CT molecular complexity index is 1230. The van der Waals surface area contributed by atoms with E-state index in [1.165, 1.54) is 11.8 Å². The first-order valence-corrected chi connectivity index (χ1v) is 10.5. The average molecular weight is 419 g/mol. The first-order chi connectivity index (χ1) is 15.1. The fourth-order valence-corrected chi connectivity index (χ4v) is 4.27. The van der Waals surface area contributed by atoms with Crippen LogP contribution in [0, 0.1) is 6.92 Å². The lowest BCUT2D eigenvalue weighted by Gasteiger charge is -2.36. The molecule has 160 valence electrons. The van der Waals surface area contributed by atoms with Gasteiger partial charge in [-0.05, 0) is 25.5 Å². The summed E-state index contributed by atoms with van der Waals surface area (Å²) in [5, 5.41) is 4.87. The largest absolute Gasteiger partial charge is 0.459 e. The molecule has 5 rings (SSSR count). The molecule has 1 amide bonds. The van der Waals surface area contributed by atoms with Crippen LogP contribution in [-0.4, -0.2) is 61.1 Å². The van der Waals surface area contributed by atoms with Gasteiger partial charge in [-0.25, -0.2) is 9.97 Å². The number of aryl methyl sites for hydroxylation is 2. The molecule has 5 heterocycles. The molecule has 1 fully saturated rings. The summed E-state index contributed by atoms with van der Waals surface area (Å²) in [7, 11) is 1.96. The van der Waals surface area contributed by atoms with Gasteiger partial charge in [0.15, 0.2) is 17.2 Å². The standard InChI is InChI=1S/C22H25N7O2/c1-4-16-15(2)24-19-14-17(20-23-7-8-26(20)3)25-29(19)21(16)27-9-11-28(12-10-27)22(30)18-6-5-13-31-18/h5-8,13-14H,4,9-12H2,1-3H3. The van der Waals surface area contributed by atoms with Crippen molar-refractivity contribution in [1.82, 2.24) is 29.0 Å². The van der Waals surface area contributed by atoms with E-state index in [2.05, 4.69) is 16.8 Å². The van der Waals surface area contributed by atoms with Crippen LogP contribution in [0.15, 0.2) is 41.3 Å². The minimum Gasteiger partial charge on any atom is -0.459 e. The Morgan fingerprint density at radius 3 is 2.68 bits per heavy atom. The smallest absolute Gasteiger partial charge is 0.289 e. The number of fused-ring (bicyclic) bond motifs is 1. The van der Waals surface area contributed by atoms with Crippen LogP contribution in [0.5, 0.6) is 0 Å². The highest BCUT2D eigenvalue weighted by Crippen LogP contribution is 2.28. The zero-order valence-corrected chi connectivity index (χ0v) is 17.9. The molecule has 9 heteroatoms. The third-order valence-electron chi connectivity index (χ3n) is 5.88. The fraction of sp³-hybridized carbons (Fsp3) is 0.364. The van der Waals surface area contributed by atoms with E-state index in [0.29, 0.717) is 18.8 Å². The molecule has 0 unspecified atom stereocenters. The van der Waals surface area contributed by atoms with Crippen molar-refractivity contribution in [2.24, 2.45) is 7.05 Å². The van der Waals surface area contributed by atoms with Gasteiger partial charge in [-0.2, -0.15) is 9.61 Å². The normalized spacial score (nSPS) is 14.5. The molecular formula is C22H25N7O2. The van der Waals surface area contributed by atoms with Gasteiger partial charge < -0.3 is 18.8 Å². The lowest BCUT2D eigenvalue weighted by atomic mass is 10.1. The Balaban J connectivity index is 1.49. The topological polar surface area (TPSA) is 84.7 Å². The van der Waals surface area contributed by atoms with Gasteiger partial charge in [0.2, 0.25) is 0 Å². The molecule has 0 atom stereocenters. The van der Waals surface area contributed by atoms with Gasteiger partial charge >= 0.3 is 0 Å². The minimum atomic E-state index is -0.0624. The summed E-state index contributed by atoms with van der Waals surface area (Å²) in [6.07, 6.45) is 6.06. The van der Waals surface area contributed by atoms with Crippen molar-refractivity contribution >= 4 is 17.4 Å². The summed E-state index contributed by atoms with van der Waals surface area (Å²) in [6.45, 7) is 6.87. The highest BCUT2D eigenvalue weighted by molar-refractivity contribution is 5.91. The summed E-state index contributed by atoms with van der Waals surface area (Å²) in [5.74, 6) is 2.18. The lowest BCUT2D eigenvalue weighted by Crippen LogP contribution is -2.49. The van der Waals surface area contributed by atoms with Crippen molar-refractivity contribution in [3.05, 3.63) is 53.9 Å². The summed E-state index contributed by atoms with van der Waals surface area (Å²) < 4.78 is 9.17. The zero-order chi connectivity index (χ0) is 21.5. The molecule has 4 aromatic heterocycles. The van der Waals surface area contributed by atoms with Gasteiger partial charge in [-0.1, -0.05) is 6.92 Å². The molecule has 0 spiro atoms. The number of anilines is 1. The van der Waals surface area contributed by atoms with Gasteiger partial charge in [0.1, 0.15) is 11.5 Å². The number of carbonyl (C=O) groups excluding carboxylic acids is 1. The Morgan fingerprint density at radius 2 is 2.03 bits per heavy atom. The zero-order valence-electron chi connectivity index (χ0n) is 17.9. The predicted octanol–water partition coefficient (Wildman–Crippen LogP) is 2.56. The van der Waals surface area contributed by atoms with Gasteiger partial charge in [-0.3, -0.25) is 4.79 Å². The van der Waals surface area contributed by atoms with Gasteiger partial charge in [0, 0.05) is 62.9 Å². The van der Waals surface area contributed by atoms with Crippen molar-refractivity contribution in [3.63, 3.8) is 0 Å². The number of imidazole rings is 1. The van der Waals surface area contributed by atoms with E-state index < -0.39 is 0 Å². The lowest BCUT2D eigenvalue weighted by molar-refractivity contribution is 0.0714. The van der Waals surface area contributed by atoms with Gasteiger partial charge in [0.25, 0.3) is 5.91 Å². The van der Waals surface area contributed by atoms with E-state index in [0.717, 1.165) is 48.2 Å². The van der Waals surface area contributed by atoms with E-state index in [1.807, 2.05) is 40.2 Å². The van der Waals surface area contributed by atoms with E-state index >= 15 is 0 Å². The van der Waals surface area contributed by atoms with Crippen LogP contribution in [0.2, 0.25) is 0 Å². The molecule has 31 heavy (non-hydrogen) atoms. The van der Waals surface area contributed by atoms with E-state index in [1.54, 1.807) is 18.3 Å². The molecule has 1 saturated heterocycles. The molecular weight excluding hydrogens is 394 g/mol. The second-order valence-corrected chi connectivity index (χ2v) is 7.77. The van der Waals surface area contributed by atoms with Gasteiger partial charge in [-0.15, -0.1) is 0 Å². The number of aromatic nitrogens is 5. The number of nitrogens with zero attached hydrogens (tertiary/aromatic N) is 7. The van der Waals surface area contributed by atoms with Crippen molar-refractivity contribution < 1.29 is 9.21 Å². The summed E-state index contributed by atoms with van der Waals surface area (Å²) in [6, 6.07) is 5.43. The van der Waals surface area contributed by atoms with Crippen LogP contribution in [0.25, 0.3) is 17.2 Å². The second kappa shape index (κ2) is 7.57. The van der Waals surface area contributed by atoms with E-state index in [9.17, 15) is 4.79 Å². The number of amides is 1. The fourth-order valence-electron chi connectivity index (χ4n) is 4.27. The first-order valence-electron chi connectivity index (χ1n) is 10.5. The Labute approximate surface area is 179 Å². The van der Waals surface area contributed by atoms with Crippen molar-refractivity contribution in [2.45, 2.75) is 20.3 Å². The predicted molar refractivity (Wildman–Crippen MR) is 116 cm³/mol. The number of hydrogen-bond acceptors (Lipinski definition) is 6. The van der Waals surface area contributed by atoms with Crippen LogP contribution >= 0.6 is 0 Å². The maximum Gasteiger partial charge on any atom is 0.289 e. The molecule has 0 aliphatic carbocycles. The van der Waals surface area contributed by atoms with Crippen molar-refractivity contribution in [2.75, 3.05) is 31.1 Å². The average Bonchev–Trinajstić information content (AvgIpc) is 3.53. The quantitative estimate of drug-likeness (QED) is 0.505. The molecule has 1 aliphatic rings. The monoisotopic (exact) mass is 419 g/mol. The number of carbonyl (C=O) groups is 1. The Morgan fingerprint density at radius 1 is 1.23 bits per heavy atom. The van der Waals surface area contributed by atoms with Crippen molar-refractivity contribution in [3.8, 4) is 11.5 Å². The third-order valence-corrected chi connectivity index (χ3v) is 5.88. The summed E-state index contributed by atoms with van der Waals surface area (Å²) in [4.78, 5) is 26.0. The first kappa shape index (κ1) is 19.3. The molecule has 0 saturated carbocycles. The molecule has 0 radical (unpaired) electrons. The molecule has 0 bridgehead atoms. The van der Waals surface area contributed by atoms with E-state index in [4.69, 9.17) is 14.5 Å². The van der Waals surface area contributed by atoms with Crippen LogP contribution in [0.4, 0.5) is 5.82 Å². The number of hydrogen-bond donors (Lipinski definition) is 0. The summed E-state index contributed by atoms with van der Waals surface area (Å²) >= 11 is 0. The van der Waals surface area contributed by atoms with Crippen LogP contribution < -0.4 is 4.90 Å². The Hall–Kier alpha value is -3.62. The molecule has 0 N–H and O–H groups in total. The third kappa shape index (κ3) is 3.26.